The maximum atomic E-state index is 14.2. The Hall–Kier alpha value is -3.19. The van der Waals surface area contributed by atoms with Crippen molar-refractivity contribution in [1.29, 1.82) is 0 Å². The summed E-state index contributed by atoms with van der Waals surface area (Å²) in [5, 5.41) is 15.7. The van der Waals surface area contributed by atoms with Crippen molar-refractivity contribution >= 4 is 27.6 Å². The quantitative estimate of drug-likeness (QED) is 0.380. The van der Waals surface area contributed by atoms with E-state index in [9.17, 15) is 23.1 Å². The van der Waals surface area contributed by atoms with Gasteiger partial charge in [-0.25, -0.2) is 13.2 Å². The maximum Gasteiger partial charge on any atom is 0.319 e. The fourth-order valence-corrected chi connectivity index (χ4v) is 6.32. The first kappa shape index (κ1) is 36.3. The highest BCUT2D eigenvalue weighted by molar-refractivity contribution is 7.89. The molecule has 11 nitrogen and oxygen atoms in total. The second kappa shape index (κ2) is 16.4. The fourth-order valence-electron chi connectivity index (χ4n) is 5.13. The third-order valence-corrected chi connectivity index (χ3v) is 9.73. The van der Waals surface area contributed by atoms with Gasteiger partial charge in [0.1, 0.15) is 5.75 Å². The number of hydrogen-bond donors (Lipinski definition) is 3. The van der Waals surface area contributed by atoms with Gasteiger partial charge in [0.05, 0.1) is 35.3 Å². The maximum absolute atomic E-state index is 14.2. The summed E-state index contributed by atoms with van der Waals surface area (Å²) in [7, 11) is -2.24. The van der Waals surface area contributed by atoms with Crippen LogP contribution < -0.4 is 15.4 Å². The van der Waals surface area contributed by atoms with Crippen molar-refractivity contribution in [3.8, 4) is 5.75 Å². The zero-order chi connectivity index (χ0) is 33.3. The molecule has 3 rings (SSSR count). The average Bonchev–Trinajstić information content (AvgIpc) is 2.98. The number of aryl methyl sites for hydroxylation is 1. The number of hydrogen-bond acceptors (Lipinski definition) is 7. The number of likely N-dealkylation sites (N-methyl/N-ethyl adjacent to an activating group) is 1. The second-order valence-electron chi connectivity index (χ2n) is 12.4. The standard InChI is InChI=1S/C33H50N4O7S/c1-22(2)34-33(40)35-27-13-16-30-29(18-27)32(39)37(25(5)21-38)19-24(4)31(43-17-9-8-10-26(6)44-30)20-36(7)45(41,42)28-14-11-23(3)12-15-28/h11-16,18,22,24-26,31,38H,8-10,17,19-21H2,1-7H3,(H2,34,35,40)/t24-,25-,26-,31+/m0/s1. The minimum Gasteiger partial charge on any atom is -0.490 e. The van der Waals surface area contributed by atoms with Crippen molar-refractivity contribution in [2.45, 2.75) is 90.0 Å². The number of aliphatic hydroxyl groups is 1. The largest absolute Gasteiger partial charge is 0.490 e. The number of nitrogens with zero attached hydrogens (tertiary/aromatic N) is 2. The Kier molecular flexibility index (Phi) is 13.2. The van der Waals surface area contributed by atoms with Crippen LogP contribution >= 0.6 is 0 Å². The molecule has 4 atom stereocenters. The lowest BCUT2D eigenvalue weighted by Gasteiger charge is -2.35. The summed E-state index contributed by atoms with van der Waals surface area (Å²) in [6.45, 7) is 11.6. The van der Waals surface area contributed by atoms with Crippen molar-refractivity contribution in [3.63, 3.8) is 0 Å². The fraction of sp³-hybridized carbons (Fsp3) is 0.576. The van der Waals surface area contributed by atoms with Crippen LogP contribution in [-0.2, 0) is 14.8 Å². The number of sulfonamides is 1. The normalized spacial score (nSPS) is 21.1. The molecule has 0 radical (unpaired) electrons. The van der Waals surface area contributed by atoms with Crippen LogP contribution in [0.5, 0.6) is 5.75 Å². The van der Waals surface area contributed by atoms with E-state index in [0.717, 1.165) is 18.4 Å². The first-order chi connectivity index (χ1) is 21.2. The van der Waals surface area contributed by atoms with E-state index < -0.39 is 28.2 Å². The van der Waals surface area contributed by atoms with Gasteiger partial charge >= 0.3 is 6.03 Å². The summed E-state index contributed by atoms with van der Waals surface area (Å²) in [5.74, 6) is -0.295. The number of rotatable bonds is 8. The molecule has 45 heavy (non-hydrogen) atoms. The van der Waals surface area contributed by atoms with Gasteiger partial charge in [-0.1, -0.05) is 24.6 Å². The minimum atomic E-state index is -3.78. The Morgan fingerprint density at radius 1 is 1.11 bits per heavy atom. The van der Waals surface area contributed by atoms with Gasteiger partial charge in [0, 0.05) is 44.4 Å². The lowest BCUT2D eigenvalue weighted by atomic mass is 10.0. The highest BCUT2D eigenvalue weighted by Crippen LogP contribution is 2.29. The zero-order valence-corrected chi connectivity index (χ0v) is 28.4. The summed E-state index contributed by atoms with van der Waals surface area (Å²) in [6, 6.07) is 10.7. The molecule has 250 valence electrons. The highest BCUT2D eigenvalue weighted by atomic mass is 32.2. The second-order valence-corrected chi connectivity index (χ2v) is 14.4. The number of ether oxygens (including phenoxy) is 2. The van der Waals surface area contributed by atoms with Crippen LogP contribution in [0.3, 0.4) is 0 Å². The lowest BCUT2D eigenvalue weighted by molar-refractivity contribution is -0.00833. The summed E-state index contributed by atoms with van der Waals surface area (Å²) in [6.07, 6.45) is 1.55. The third kappa shape index (κ3) is 10.2. The average molecular weight is 647 g/mol. The molecule has 3 N–H and O–H groups in total. The van der Waals surface area contributed by atoms with Gasteiger partial charge in [0.2, 0.25) is 10.0 Å². The predicted molar refractivity (Wildman–Crippen MR) is 175 cm³/mol. The molecule has 0 aromatic heterocycles. The third-order valence-electron chi connectivity index (χ3n) is 7.90. The van der Waals surface area contributed by atoms with Crippen LogP contribution in [-0.4, -0.2) is 92.3 Å². The predicted octanol–water partition coefficient (Wildman–Crippen LogP) is 4.64. The molecular formula is C33H50N4O7S. The molecule has 0 spiro atoms. The number of urea groups is 1. The number of fused-ring (bicyclic) bond motifs is 1. The van der Waals surface area contributed by atoms with Crippen molar-refractivity contribution in [1.82, 2.24) is 14.5 Å². The highest BCUT2D eigenvalue weighted by Gasteiger charge is 2.32. The number of carbonyl (C=O) groups excluding carboxylic acids is 2. The molecule has 0 unspecified atom stereocenters. The molecule has 2 aromatic carbocycles. The van der Waals surface area contributed by atoms with Crippen LogP contribution in [0.1, 0.15) is 69.8 Å². The first-order valence-corrected chi connectivity index (χ1v) is 17.1. The molecule has 1 heterocycles. The van der Waals surface area contributed by atoms with E-state index >= 15 is 0 Å². The molecule has 0 aliphatic carbocycles. The van der Waals surface area contributed by atoms with Crippen molar-refractivity contribution < 1.29 is 32.6 Å². The topological polar surface area (TPSA) is 138 Å². The Morgan fingerprint density at radius 3 is 2.44 bits per heavy atom. The van der Waals surface area contributed by atoms with Gasteiger partial charge in [0.15, 0.2) is 0 Å². The number of amides is 3. The number of nitrogens with one attached hydrogen (secondary N) is 2. The van der Waals surface area contributed by atoms with E-state index in [2.05, 4.69) is 10.6 Å². The van der Waals surface area contributed by atoms with Crippen LogP contribution in [0.2, 0.25) is 0 Å². The van der Waals surface area contributed by atoms with Gasteiger partial charge in [-0.3, -0.25) is 4.79 Å². The Bertz CT molecular complexity index is 1380. The van der Waals surface area contributed by atoms with E-state index in [4.69, 9.17) is 9.47 Å². The summed E-state index contributed by atoms with van der Waals surface area (Å²) in [4.78, 5) is 28.4. The molecule has 0 saturated heterocycles. The molecule has 0 fully saturated rings. The van der Waals surface area contributed by atoms with Crippen LogP contribution in [0.25, 0.3) is 0 Å². The molecule has 0 bridgehead atoms. The number of carbonyl (C=O) groups is 2. The number of aliphatic hydroxyl groups excluding tert-OH is 1. The monoisotopic (exact) mass is 646 g/mol. The van der Waals surface area contributed by atoms with Crippen LogP contribution in [0, 0.1) is 12.8 Å². The summed E-state index contributed by atoms with van der Waals surface area (Å²) >= 11 is 0. The van der Waals surface area contributed by atoms with Crippen LogP contribution in [0.15, 0.2) is 47.4 Å². The van der Waals surface area contributed by atoms with E-state index in [1.807, 2.05) is 34.6 Å². The number of benzene rings is 2. The lowest BCUT2D eigenvalue weighted by Crippen LogP contribution is -2.48. The number of anilines is 1. The van der Waals surface area contributed by atoms with Gasteiger partial charge in [0.25, 0.3) is 5.91 Å². The minimum absolute atomic E-state index is 0.0726. The molecule has 12 heteroatoms. The molecule has 1 aliphatic rings. The van der Waals surface area contributed by atoms with Crippen molar-refractivity contribution in [2.75, 3.05) is 38.7 Å². The van der Waals surface area contributed by atoms with Crippen molar-refractivity contribution in [2.24, 2.45) is 5.92 Å². The smallest absolute Gasteiger partial charge is 0.319 e. The first-order valence-electron chi connectivity index (χ1n) is 15.7. The van der Waals surface area contributed by atoms with Gasteiger partial charge in [-0.05, 0) is 84.2 Å². The van der Waals surface area contributed by atoms with E-state index in [1.54, 1.807) is 54.3 Å². The Labute approximate surface area is 268 Å². The van der Waals surface area contributed by atoms with Gasteiger partial charge < -0.3 is 30.1 Å². The molecule has 2 aromatic rings. The van der Waals surface area contributed by atoms with Gasteiger partial charge in [-0.15, -0.1) is 0 Å². The van der Waals surface area contributed by atoms with E-state index in [0.29, 0.717) is 24.5 Å². The SMILES string of the molecule is Cc1ccc(S(=O)(=O)N(C)C[C@H]2OCCCC[C@H](C)Oc3ccc(NC(=O)NC(C)C)cc3C(=O)N([C@@H](C)CO)C[C@@H]2C)cc1. The Balaban J connectivity index is 1.96. The Morgan fingerprint density at radius 2 is 1.80 bits per heavy atom. The van der Waals surface area contributed by atoms with E-state index in [1.165, 1.54) is 11.4 Å². The van der Waals surface area contributed by atoms with E-state index in [-0.39, 0.29) is 54.1 Å². The molecule has 3 amide bonds. The summed E-state index contributed by atoms with van der Waals surface area (Å²) in [5.41, 5.74) is 1.64. The van der Waals surface area contributed by atoms with Crippen LogP contribution in [0.4, 0.5) is 10.5 Å². The molecular weight excluding hydrogens is 596 g/mol. The zero-order valence-electron chi connectivity index (χ0n) is 27.6. The van der Waals surface area contributed by atoms with Crippen molar-refractivity contribution in [3.05, 3.63) is 53.6 Å². The van der Waals surface area contributed by atoms with Gasteiger partial charge in [-0.2, -0.15) is 4.31 Å². The molecule has 0 saturated carbocycles. The summed E-state index contributed by atoms with van der Waals surface area (Å²) < 4.78 is 40.7. The molecule has 1 aliphatic heterocycles.